The summed E-state index contributed by atoms with van der Waals surface area (Å²) in [7, 11) is 0. The van der Waals surface area contributed by atoms with Crippen molar-refractivity contribution in [2.75, 3.05) is 0 Å². The van der Waals surface area contributed by atoms with Crippen molar-refractivity contribution in [3.05, 3.63) is 41.0 Å². The maximum atomic E-state index is 8.82. The molecule has 0 atom stereocenters. The fourth-order valence-corrected chi connectivity index (χ4v) is 1.44. The third kappa shape index (κ3) is 1.34. The molecule has 3 heteroatoms. The van der Waals surface area contributed by atoms with Crippen molar-refractivity contribution in [1.82, 2.24) is 4.98 Å². The first-order valence-corrected chi connectivity index (χ1v) is 4.14. The Morgan fingerprint density at radius 3 is 2.85 bits per heavy atom. The van der Waals surface area contributed by atoms with Crippen molar-refractivity contribution in [3.63, 3.8) is 0 Å². The lowest BCUT2D eigenvalue weighted by atomic mass is 10.1. The van der Waals surface area contributed by atoms with E-state index < -0.39 is 0 Å². The fourth-order valence-electron chi connectivity index (χ4n) is 1.24. The van der Waals surface area contributed by atoms with Gasteiger partial charge in [-0.05, 0) is 12.1 Å². The standard InChI is InChI=1S/C10H5ClN2/c11-10-5-7(6-12)8-3-1-2-4-9(8)13-10/h1-5H. The van der Waals surface area contributed by atoms with Crippen LogP contribution in [0.3, 0.4) is 0 Å². The van der Waals surface area contributed by atoms with Gasteiger partial charge in [0.15, 0.2) is 0 Å². The first-order valence-electron chi connectivity index (χ1n) is 3.76. The predicted molar refractivity (Wildman–Crippen MR) is 51.5 cm³/mol. The van der Waals surface area contributed by atoms with Gasteiger partial charge in [-0.2, -0.15) is 5.26 Å². The molecule has 0 unspecified atom stereocenters. The molecular formula is C10H5ClN2. The van der Waals surface area contributed by atoms with Crippen molar-refractivity contribution >= 4 is 22.5 Å². The Bertz CT molecular complexity index is 500. The minimum atomic E-state index is 0.357. The quantitative estimate of drug-likeness (QED) is 0.596. The summed E-state index contributed by atoms with van der Waals surface area (Å²) in [5.41, 5.74) is 1.32. The number of nitriles is 1. The Balaban J connectivity index is 2.91. The topological polar surface area (TPSA) is 36.7 Å². The summed E-state index contributed by atoms with van der Waals surface area (Å²) in [5, 5.41) is 10.0. The molecule has 0 amide bonds. The van der Waals surface area contributed by atoms with E-state index in [1.54, 1.807) is 6.07 Å². The van der Waals surface area contributed by atoms with Gasteiger partial charge in [0.05, 0.1) is 17.1 Å². The number of hydrogen-bond donors (Lipinski definition) is 0. The van der Waals surface area contributed by atoms with Gasteiger partial charge in [-0.1, -0.05) is 29.8 Å². The molecule has 0 aliphatic rings. The van der Waals surface area contributed by atoms with Crippen molar-refractivity contribution in [1.29, 1.82) is 5.26 Å². The maximum absolute atomic E-state index is 8.82. The van der Waals surface area contributed by atoms with Gasteiger partial charge in [0.25, 0.3) is 0 Å². The van der Waals surface area contributed by atoms with E-state index in [1.807, 2.05) is 24.3 Å². The van der Waals surface area contributed by atoms with E-state index in [9.17, 15) is 0 Å². The first kappa shape index (κ1) is 8.03. The van der Waals surface area contributed by atoms with Crippen LogP contribution in [0.25, 0.3) is 10.9 Å². The largest absolute Gasteiger partial charge is 0.236 e. The first-order chi connectivity index (χ1) is 6.31. The Morgan fingerprint density at radius 2 is 2.08 bits per heavy atom. The number of pyridine rings is 1. The summed E-state index contributed by atoms with van der Waals surface area (Å²) >= 11 is 5.74. The highest BCUT2D eigenvalue weighted by Crippen LogP contribution is 2.19. The summed E-state index contributed by atoms with van der Waals surface area (Å²) in [6, 6.07) is 11.1. The molecule has 0 bridgehead atoms. The van der Waals surface area contributed by atoms with E-state index in [0.29, 0.717) is 10.7 Å². The molecule has 2 aromatic rings. The van der Waals surface area contributed by atoms with E-state index in [-0.39, 0.29) is 0 Å². The van der Waals surface area contributed by atoms with E-state index in [0.717, 1.165) is 10.9 Å². The van der Waals surface area contributed by atoms with Crippen molar-refractivity contribution in [3.8, 4) is 6.07 Å². The average Bonchev–Trinajstić information content (AvgIpc) is 2.16. The number of hydrogen-bond acceptors (Lipinski definition) is 2. The molecule has 0 aliphatic heterocycles. The number of fused-ring (bicyclic) bond motifs is 1. The van der Waals surface area contributed by atoms with Crippen LogP contribution in [-0.4, -0.2) is 4.98 Å². The van der Waals surface area contributed by atoms with Gasteiger partial charge in [0, 0.05) is 5.39 Å². The summed E-state index contributed by atoms with van der Waals surface area (Å²) in [6.07, 6.45) is 0. The third-order valence-corrected chi connectivity index (χ3v) is 2.00. The Labute approximate surface area is 80.4 Å². The smallest absolute Gasteiger partial charge is 0.131 e. The fraction of sp³-hybridized carbons (Fsp3) is 0. The zero-order valence-electron chi connectivity index (χ0n) is 6.66. The molecule has 1 aromatic carbocycles. The van der Waals surface area contributed by atoms with Crippen molar-refractivity contribution in [2.45, 2.75) is 0 Å². The number of halogens is 1. The van der Waals surface area contributed by atoms with E-state index in [1.165, 1.54) is 0 Å². The van der Waals surface area contributed by atoms with Crippen LogP contribution >= 0.6 is 11.6 Å². The van der Waals surface area contributed by atoms with Gasteiger partial charge in [-0.3, -0.25) is 0 Å². The third-order valence-electron chi connectivity index (χ3n) is 1.81. The van der Waals surface area contributed by atoms with Crippen LogP contribution in [0.5, 0.6) is 0 Å². The van der Waals surface area contributed by atoms with Crippen LogP contribution in [0.2, 0.25) is 5.15 Å². The average molecular weight is 189 g/mol. The Kier molecular flexibility index (Phi) is 1.88. The predicted octanol–water partition coefficient (Wildman–Crippen LogP) is 2.76. The molecule has 2 nitrogen and oxygen atoms in total. The highest BCUT2D eigenvalue weighted by molar-refractivity contribution is 6.30. The molecule has 1 heterocycles. The van der Waals surface area contributed by atoms with Gasteiger partial charge in [-0.25, -0.2) is 4.98 Å². The molecule has 1 aromatic heterocycles. The highest BCUT2D eigenvalue weighted by Gasteiger charge is 2.02. The summed E-state index contributed by atoms with van der Waals surface area (Å²) in [4.78, 5) is 4.10. The zero-order chi connectivity index (χ0) is 9.26. The Hall–Kier alpha value is -1.59. The van der Waals surface area contributed by atoms with Crippen LogP contribution < -0.4 is 0 Å². The van der Waals surface area contributed by atoms with Crippen LogP contribution in [0, 0.1) is 11.3 Å². The molecule has 0 N–H and O–H groups in total. The SMILES string of the molecule is N#Cc1cc(Cl)nc2ccccc12. The van der Waals surface area contributed by atoms with Crippen LogP contribution in [0.4, 0.5) is 0 Å². The molecule has 0 saturated heterocycles. The second-order valence-corrected chi connectivity index (χ2v) is 3.01. The lowest BCUT2D eigenvalue weighted by molar-refractivity contribution is 1.39. The minimum absolute atomic E-state index is 0.357. The lowest BCUT2D eigenvalue weighted by Crippen LogP contribution is -1.84. The van der Waals surface area contributed by atoms with Crippen LogP contribution in [0.15, 0.2) is 30.3 Å². The van der Waals surface area contributed by atoms with E-state index in [4.69, 9.17) is 16.9 Å². The molecule has 0 saturated carbocycles. The zero-order valence-corrected chi connectivity index (χ0v) is 7.42. The van der Waals surface area contributed by atoms with Gasteiger partial charge in [0.2, 0.25) is 0 Å². The number of benzene rings is 1. The van der Waals surface area contributed by atoms with Gasteiger partial charge in [0.1, 0.15) is 5.15 Å². The monoisotopic (exact) mass is 188 g/mol. The Morgan fingerprint density at radius 1 is 1.31 bits per heavy atom. The lowest BCUT2D eigenvalue weighted by Gasteiger charge is -1.98. The second-order valence-electron chi connectivity index (χ2n) is 2.62. The van der Waals surface area contributed by atoms with Gasteiger partial charge < -0.3 is 0 Å². The summed E-state index contributed by atoms with van der Waals surface area (Å²) in [6.45, 7) is 0. The molecular weight excluding hydrogens is 184 g/mol. The number of nitrogens with zero attached hydrogens (tertiary/aromatic N) is 2. The van der Waals surface area contributed by atoms with Gasteiger partial charge >= 0.3 is 0 Å². The van der Waals surface area contributed by atoms with Crippen LogP contribution in [-0.2, 0) is 0 Å². The summed E-state index contributed by atoms with van der Waals surface area (Å²) in [5.74, 6) is 0. The van der Waals surface area contributed by atoms with E-state index in [2.05, 4.69) is 11.1 Å². The van der Waals surface area contributed by atoms with Gasteiger partial charge in [-0.15, -0.1) is 0 Å². The van der Waals surface area contributed by atoms with Crippen LogP contribution in [0.1, 0.15) is 5.56 Å². The molecule has 0 fully saturated rings. The second kappa shape index (κ2) is 3.04. The molecule has 13 heavy (non-hydrogen) atoms. The minimum Gasteiger partial charge on any atom is -0.236 e. The molecule has 0 radical (unpaired) electrons. The van der Waals surface area contributed by atoms with Crippen molar-refractivity contribution < 1.29 is 0 Å². The molecule has 62 valence electrons. The molecule has 0 spiro atoms. The normalized spacial score (nSPS) is 9.85. The maximum Gasteiger partial charge on any atom is 0.131 e. The van der Waals surface area contributed by atoms with Crippen molar-refractivity contribution in [2.24, 2.45) is 0 Å². The number of rotatable bonds is 0. The van der Waals surface area contributed by atoms with E-state index >= 15 is 0 Å². The highest BCUT2D eigenvalue weighted by atomic mass is 35.5. The number of aromatic nitrogens is 1. The molecule has 0 aliphatic carbocycles. The molecule has 2 rings (SSSR count). The summed E-state index contributed by atoms with van der Waals surface area (Å²) < 4.78 is 0. The number of para-hydroxylation sites is 1.